The first-order valence-corrected chi connectivity index (χ1v) is 10.3. The number of para-hydroxylation sites is 2. The molecule has 0 aliphatic carbocycles. The highest BCUT2D eigenvalue weighted by atomic mass is 16.1. The number of carbonyl (C=O) groups excluding carboxylic acids is 4. The summed E-state index contributed by atoms with van der Waals surface area (Å²) in [5, 5.41) is 0. The lowest BCUT2D eigenvalue weighted by atomic mass is 9.85. The number of aryl methyl sites for hydroxylation is 1. The topological polar surface area (TPSA) is 118 Å². The van der Waals surface area contributed by atoms with E-state index in [2.05, 4.69) is 20.0 Å². The SMILES string of the molecule is O=C=NCCCc1ccc(-c2ccccc2N=C=O)c(-c2ccccc2N=C=O)c1CN=C=O. The summed E-state index contributed by atoms with van der Waals surface area (Å²) in [6.45, 7) is 0.330. The molecular formula is C26H18N4O4. The van der Waals surface area contributed by atoms with Crippen LogP contribution in [0.4, 0.5) is 11.4 Å². The molecule has 0 aliphatic heterocycles. The minimum absolute atomic E-state index is 0.0250. The Morgan fingerprint density at radius 2 is 1.24 bits per heavy atom. The van der Waals surface area contributed by atoms with Crippen LogP contribution in [0, 0.1) is 0 Å². The van der Waals surface area contributed by atoms with E-state index >= 15 is 0 Å². The summed E-state index contributed by atoms with van der Waals surface area (Å²) in [7, 11) is 0. The zero-order valence-corrected chi connectivity index (χ0v) is 18.0. The molecule has 0 radical (unpaired) electrons. The molecule has 3 rings (SSSR count). The van der Waals surface area contributed by atoms with Crippen molar-refractivity contribution in [1.82, 2.24) is 0 Å². The molecule has 0 saturated heterocycles. The number of rotatable bonds is 10. The summed E-state index contributed by atoms with van der Waals surface area (Å²) in [5.41, 5.74) is 5.04. The standard InChI is InChI=1S/C26H18N4O4/c31-15-27-13-5-6-19-11-12-21(20-7-1-3-9-24(20)29-17-33)26(23(19)14-28-16-32)22-8-2-4-10-25(22)30-18-34/h1-4,7-12H,5-6,13-14H2. The van der Waals surface area contributed by atoms with Crippen molar-refractivity contribution < 1.29 is 19.2 Å². The Bertz CT molecular complexity index is 1390. The molecular weight excluding hydrogens is 432 g/mol. The third-order valence-electron chi connectivity index (χ3n) is 5.19. The fourth-order valence-corrected chi connectivity index (χ4v) is 3.82. The Balaban J connectivity index is 2.39. The normalized spacial score (nSPS) is 9.65. The number of hydrogen-bond acceptors (Lipinski definition) is 8. The van der Waals surface area contributed by atoms with Crippen LogP contribution in [0.15, 0.2) is 80.6 Å². The number of aliphatic imine (C=N–C) groups is 4. The number of isocyanates is 4. The smallest absolute Gasteiger partial charge is 0.211 e. The second kappa shape index (κ2) is 12.3. The highest BCUT2D eigenvalue weighted by molar-refractivity contribution is 5.94. The maximum absolute atomic E-state index is 11.1. The van der Waals surface area contributed by atoms with Crippen molar-refractivity contribution in [2.45, 2.75) is 19.4 Å². The zero-order chi connectivity index (χ0) is 24.2. The van der Waals surface area contributed by atoms with Crippen molar-refractivity contribution in [2.75, 3.05) is 6.54 Å². The summed E-state index contributed by atoms with van der Waals surface area (Å²) < 4.78 is 0. The molecule has 166 valence electrons. The van der Waals surface area contributed by atoms with Crippen LogP contribution in [0.2, 0.25) is 0 Å². The van der Waals surface area contributed by atoms with Gasteiger partial charge in [-0.3, -0.25) is 0 Å². The second-order valence-electron chi connectivity index (χ2n) is 7.05. The maximum Gasteiger partial charge on any atom is 0.240 e. The molecule has 0 unspecified atom stereocenters. The second-order valence-corrected chi connectivity index (χ2v) is 7.05. The Labute approximate surface area is 195 Å². The van der Waals surface area contributed by atoms with Gasteiger partial charge in [-0.15, -0.1) is 0 Å². The van der Waals surface area contributed by atoms with Gasteiger partial charge in [-0.2, -0.15) is 9.98 Å². The van der Waals surface area contributed by atoms with Gasteiger partial charge in [0.2, 0.25) is 24.3 Å². The molecule has 0 aliphatic rings. The van der Waals surface area contributed by atoms with Gasteiger partial charge in [0.25, 0.3) is 0 Å². The van der Waals surface area contributed by atoms with Gasteiger partial charge in [-0.1, -0.05) is 48.5 Å². The van der Waals surface area contributed by atoms with Crippen molar-refractivity contribution in [3.8, 4) is 22.3 Å². The maximum atomic E-state index is 11.1. The van der Waals surface area contributed by atoms with Crippen LogP contribution in [0.3, 0.4) is 0 Å². The minimum Gasteiger partial charge on any atom is -0.211 e. The van der Waals surface area contributed by atoms with Gasteiger partial charge in [-0.25, -0.2) is 29.2 Å². The van der Waals surface area contributed by atoms with Crippen LogP contribution >= 0.6 is 0 Å². The van der Waals surface area contributed by atoms with E-state index in [1.807, 2.05) is 24.3 Å². The van der Waals surface area contributed by atoms with Crippen LogP contribution in [0.25, 0.3) is 22.3 Å². The van der Waals surface area contributed by atoms with Crippen molar-refractivity contribution in [1.29, 1.82) is 0 Å². The average molecular weight is 450 g/mol. The quantitative estimate of drug-likeness (QED) is 0.244. The van der Waals surface area contributed by atoms with E-state index in [1.54, 1.807) is 54.6 Å². The molecule has 0 saturated carbocycles. The van der Waals surface area contributed by atoms with Crippen LogP contribution in [-0.2, 0) is 32.1 Å². The van der Waals surface area contributed by atoms with Crippen molar-refractivity contribution in [3.63, 3.8) is 0 Å². The lowest BCUT2D eigenvalue weighted by Gasteiger charge is -2.20. The minimum atomic E-state index is 0.0250. The van der Waals surface area contributed by atoms with Crippen molar-refractivity contribution in [3.05, 3.63) is 71.8 Å². The number of nitrogens with zero attached hydrogens (tertiary/aromatic N) is 4. The Hall–Kier alpha value is -4.82. The average Bonchev–Trinajstić information content (AvgIpc) is 2.86. The van der Waals surface area contributed by atoms with Crippen molar-refractivity contribution >= 4 is 35.7 Å². The molecule has 8 heteroatoms. The van der Waals surface area contributed by atoms with Crippen LogP contribution < -0.4 is 0 Å². The fraction of sp³-hybridized carbons (Fsp3) is 0.154. The molecule has 0 N–H and O–H groups in total. The lowest BCUT2D eigenvalue weighted by molar-refractivity contribution is 0.561. The monoisotopic (exact) mass is 450 g/mol. The number of hydrogen-bond donors (Lipinski definition) is 0. The molecule has 34 heavy (non-hydrogen) atoms. The molecule has 3 aromatic rings. The molecule has 0 aromatic heterocycles. The summed E-state index contributed by atoms with van der Waals surface area (Å²) in [5.74, 6) is 0. The molecule has 8 nitrogen and oxygen atoms in total. The van der Waals surface area contributed by atoms with Crippen LogP contribution in [0.1, 0.15) is 17.5 Å². The highest BCUT2D eigenvalue weighted by Gasteiger charge is 2.20. The van der Waals surface area contributed by atoms with Gasteiger partial charge in [0.15, 0.2) is 0 Å². The van der Waals surface area contributed by atoms with Crippen LogP contribution in [-0.4, -0.2) is 30.9 Å². The van der Waals surface area contributed by atoms with Crippen molar-refractivity contribution in [2.24, 2.45) is 20.0 Å². The van der Waals surface area contributed by atoms with E-state index in [0.717, 1.165) is 11.1 Å². The number of benzene rings is 3. The van der Waals surface area contributed by atoms with E-state index in [9.17, 15) is 19.2 Å². The molecule has 3 aromatic carbocycles. The Kier molecular flexibility index (Phi) is 8.61. The molecule has 0 bridgehead atoms. The first-order valence-electron chi connectivity index (χ1n) is 10.3. The van der Waals surface area contributed by atoms with Gasteiger partial charge in [0, 0.05) is 11.1 Å². The Morgan fingerprint density at radius 1 is 0.618 bits per heavy atom. The first kappa shape index (κ1) is 23.8. The lowest BCUT2D eigenvalue weighted by Crippen LogP contribution is -2.01. The summed E-state index contributed by atoms with van der Waals surface area (Å²) in [6, 6.07) is 17.9. The molecule has 0 spiro atoms. The molecule has 0 amide bonds. The summed E-state index contributed by atoms with van der Waals surface area (Å²) in [4.78, 5) is 58.7. The van der Waals surface area contributed by atoms with Gasteiger partial charge in [0.05, 0.1) is 24.5 Å². The molecule has 0 atom stereocenters. The van der Waals surface area contributed by atoms with Gasteiger partial charge >= 0.3 is 0 Å². The van der Waals surface area contributed by atoms with E-state index in [0.29, 0.717) is 53.0 Å². The van der Waals surface area contributed by atoms with Gasteiger partial charge in [0.1, 0.15) is 0 Å². The highest BCUT2D eigenvalue weighted by Crippen LogP contribution is 2.44. The predicted octanol–water partition coefficient (Wildman–Crippen LogP) is 5.06. The molecule has 0 heterocycles. The van der Waals surface area contributed by atoms with E-state index in [-0.39, 0.29) is 6.54 Å². The Morgan fingerprint density at radius 3 is 1.88 bits per heavy atom. The van der Waals surface area contributed by atoms with E-state index in [4.69, 9.17) is 0 Å². The third-order valence-corrected chi connectivity index (χ3v) is 5.19. The van der Waals surface area contributed by atoms with Gasteiger partial charge in [-0.05, 0) is 47.2 Å². The van der Waals surface area contributed by atoms with Gasteiger partial charge < -0.3 is 0 Å². The summed E-state index contributed by atoms with van der Waals surface area (Å²) >= 11 is 0. The van der Waals surface area contributed by atoms with Crippen LogP contribution in [0.5, 0.6) is 0 Å². The molecule has 0 fully saturated rings. The fourth-order valence-electron chi connectivity index (χ4n) is 3.82. The predicted molar refractivity (Wildman–Crippen MR) is 126 cm³/mol. The third kappa shape index (κ3) is 5.50. The largest absolute Gasteiger partial charge is 0.240 e. The zero-order valence-electron chi connectivity index (χ0n) is 18.0. The van der Waals surface area contributed by atoms with E-state index < -0.39 is 0 Å². The van der Waals surface area contributed by atoms with E-state index in [1.165, 1.54) is 6.08 Å². The summed E-state index contributed by atoms with van der Waals surface area (Å²) in [6.07, 6.45) is 7.39. The first-order chi connectivity index (χ1) is 16.7.